The van der Waals surface area contributed by atoms with E-state index in [0.717, 1.165) is 5.56 Å². The van der Waals surface area contributed by atoms with Gasteiger partial charge in [0, 0.05) is 17.3 Å². The monoisotopic (exact) mass is 339 g/mol. The first-order chi connectivity index (χ1) is 11.8. The molecule has 2 rings (SSSR count). The lowest BCUT2D eigenvalue weighted by Gasteiger charge is -2.16. The van der Waals surface area contributed by atoms with Crippen LogP contribution in [0.25, 0.3) is 0 Å². The zero-order valence-corrected chi connectivity index (χ0v) is 15.1. The molecule has 3 N–H and O–H groups in total. The van der Waals surface area contributed by atoms with Crippen molar-refractivity contribution in [3.05, 3.63) is 59.7 Å². The fraction of sp³-hybridized carbons (Fsp3) is 0.300. The van der Waals surface area contributed by atoms with Crippen molar-refractivity contribution < 1.29 is 9.59 Å². The second-order valence-electron chi connectivity index (χ2n) is 6.46. The van der Waals surface area contributed by atoms with Gasteiger partial charge < -0.3 is 16.0 Å². The van der Waals surface area contributed by atoms with Crippen LogP contribution < -0.4 is 16.0 Å². The molecule has 0 fully saturated rings. The molecular weight excluding hydrogens is 314 g/mol. The van der Waals surface area contributed by atoms with Crippen LogP contribution in [0.15, 0.2) is 48.5 Å². The molecule has 25 heavy (non-hydrogen) atoms. The summed E-state index contributed by atoms with van der Waals surface area (Å²) in [5.41, 5.74) is 3.50. The number of nitrogens with one attached hydrogen (secondary N) is 3. The molecule has 0 aliphatic carbocycles. The van der Waals surface area contributed by atoms with E-state index in [1.54, 1.807) is 24.3 Å². The summed E-state index contributed by atoms with van der Waals surface area (Å²) in [5.74, 6) is -0.162. The Morgan fingerprint density at radius 2 is 1.48 bits per heavy atom. The van der Waals surface area contributed by atoms with E-state index in [0.29, 0.717) is 11.4 Å². The van der Waals surface area contributed by atoms with Crippen LogP contribution in [0.5, 0.6) is 0 Å². The van der Waals surface area contributed by atoms with Crippen molar-refractivity contribution in [3.63, 3.8) is 0 Å². The molecule has 132 valence electrons. The smallest absolute Gasteiger partial charge is 0.319 e. The normalized spacial score (nSPS) is 11.7. The number of hydrogen-bond acceptors (Lipinski definition) is 2. The highest BCUT2D eigenvalue weighted by atomic mass is 16.2. The lowest BCUT2D eigenvalue weighted by atomic mass is 10.1. The van der Waals surface area contributed by atoms with Gasteiger partial charge in [-0.05, 0) is 37.6 Å². The summed E-state index contributed by atoms with van der Waals surface area (Å²) in [7, 11) is 0. The number of aryl methyl sites for hydroxylation is 1. The minimum atomic E-state index is -0.291. The molecule has 0 saturated carbocycles. The summed E-state index contributed by atoms with van der Waals surface area (Å²) < 4.78 is 0. The highest BCUT2D eigenvalue weighted by Gasteiger charge is 2.11. The summed E-state index contributed by atoms with van der Waals surface area (Å²) in [6, 6.07) is 14.7. The third-order valence-corrected chi connectivity index (χ3v) is 3.84. The highest BCUT2D eigenvalue weighted by Crippen LogP contribution is 2.17. The zero-order valence-electron chi connectivity index (χ0n) is 15.1. The lowest BCUT2D eigenvalue weighted by Crippen LogP contribution is -2.31. The van der Waals surface area contributed by atoms with Gasteiger partial charge in [0.05, 0.1) is 6.04 Å². The molecule has 1 atom stereocenters. The Hall–Kier alpha value is -2.82. The first-order valence-electron chi connectivity index (χ1n) is 8.40. The van der Waals surface area contributed by atoms with E-state index in [9.17, 15) is 9.59 Å². The lowest BCUT2D eigenvalue weighted by molar-refractivity contribution is -0.118. The van der Waals surface area contributed by atoms with Crippen molar-refractivity contribution in [2.45, 2.75) is 33.7 Å². The van der Waals surface area contributed by atoms with Crippen LogP contribution in [0, 0.1) is 12.8 Å². The van der Waals surface area contributed by atoms with Gasteiger partial charge in [0.1, 0.15) is 0 Å². The quantitative estimate of drug-likeness (QED) is 0.752. The van der Waals surface area contributed by atoms with E-state index in [1.807, 2.05) is 52.0 Å². The molecule has 0 heterocycles. The number of benzene rings is 2. The fourth-order valence-corrected chi connectivity index (χ4v) is 2.26. The number of rotatable bonds is 5. The first kappa shape index (κ1) is 18.5. The standard InChI is InChI=1S/C20H25N3O2/c1-13(2)19(24)22-17-6-5-7-18(12-17)23-20(25)21-15(4)16-10-8-14(3)9-11-16/h5-13,15H,1-4H3,(H,22,24)(H2,21,23,25). The fourth-order valence-electron chi connectivity index (χ4n) is 2.26. The van der Waals surface area contributed by atoms with Gasteiger partial charge >= 0.3 is 6.03 Å². The van der Waals surface area contributed by atoms with E-state index in [2.05, 4.69) is 16.0 Å². The molecule has 0 spiro atoms. The van der Waals surface area contributed by atoms with Crippen molar-refractivity contribution in [3.8, 4) is 0 Å². The molecule has 0 bridgehead atoms. The molecule has 5 heteroatoms. The molecule has 0 radical (unpaired) electrons. The third-order valence-electron chi connectivity index (χ3n) is 3.84. The molecule has 3 amide bonds. The van der Waals surface area contributed by atoms with Gasteiger partial charge in [-0.25, -0.2) is 4.79 Å². The van der Waals surface area contributed by atoms with Gasteiger partial charge in [-0.1, -0.05) is 49.7 Å². The van der Waals surface area contributed by atoms with Crippen LogP contribution in [-0.4, -0.2) is 11.9 Å². The van der Waals surface area contributed by atoms with E-state index in [-0.39, 0.29) is 23.9 Å². The second-order valence-corrected chi connectivity index (χ2v) is 6.46. The average Bonchev–Trinajstić information content (AvgIpc) is 2.55. The molecule has 0 aromatic heterocycles. The van der Waals surface area contributed by atoms with E-state index < -0.39 is 0 Å². The Morgan fingerprint density at radius 3 is 2.08 bits per heavy atom. The average molecular weight is 339 g/mol. The summed E-state index contributed by atoms with van der Waals surface area (Å²) in [4.78, 5) is 24.0. The molecule has 2 aromatic carbocycles. The van der Waals surface area contributed by atoms with Crippen LogP contribution in [0.1, 0.15) is 37.9 Å². The van der Waals surface area contributed by atoms with Crippen LogP contribution >= 0.6 is 0 Å². The largest absolute Gasteiger partial charge is 0.331 e. The van der Waals surface area contributed by atoms with Crippen molar-refractivity contribution in [2.24, 2.45) is 5.92 Å². The van der Waals surface area contributed by atoms with Crippen LogP contribution in [0.2, 0.25) is 0 Å². The molecule has 5 nitrogen and oxygen atoms in total. The molecule has 0 saturated heterocycles. The summed E-state index contributed by atoms with van der Waals surface area (Å²) in [5, 5.41) is 8.52. The minimum Gasteiger partial charge on any atom is -0.331 e. The number of carbonyl (C=O) groups is 2. The van der Waals surface area contributed by atoms with Gasteiger partial charge in [-0.15, -0.1) is 0 Å². The molecule has 0 aliphatic heterocycles. The number of hydrogen-bond donors (Lipinski definition) is 3. The number of carbonyl (C=O) groups excluding carboxylic acids is 2. The number of urea groups is 1. The Kier molecular flexibility index (Phi) is 6.17. The SMILES string of the molecule is Cc1ccc(C(C)NC(=O)Nc2cccc(NC(=O)C(C)C)c2)cc1. The third kappa shape index (κ3) is 5.64. The highest BCUT2D eigenvalue weighted by molar-refractivity contribution is 5.94. The Balaban J connectivity index is 1.96. The predicted octanol–water partition coefficient (Wildman–Crippen LogP) is 4.47. The minimum absolute atomic E-state index is 0.0606. The Bertz CT molecular complexity index is 739. The van der Waals surface area contributed by atoms with Crippen molar-refractivity contribution in [1.29, 1.82) is 0 Å². The van der Waals surface area contributed by atoms with Gasteiger partial charge in [0.2, 0.25) is 5.91 Å². The number of amides is 3. The van der Waals surface area contributed by atoms with Crippen molar-refractivity contribution in [1.82, 2.24) is 5.32 Å². The number of anilines is 2. The van der Waals surface area contributed by atoms with Crippen molar-refractivity contribution in [2.75, 3.05) is 10.6 Å². The van der Waals surface area contributed by atoms with Crippen LogP contribution in [0.3, 0.4) is 0 Å². The van der Waals surface area contributed by atoms with Gasteiger partial charge in [0.15, 0.2) is 0 Å². The summed E-state index contributed by atoms with van der Waals surface area (Å²) in [6.45, 7) is 7.62. The Morgan fingerprint density at radius 1 is 0.880 bits per heavy atom. The maximum Gasteiger partial charge on any atom is 0.319 e. The zero-order chi connectivity index (χ0) is 18.4. The Labute approximate surface area is 148 Å². The van der Waals surface area contributed by atoms with Crippen LogP contribution in [-0.2, 0) is 4.79 Å². The molecule has 2 aromatic rings. The van der Waals surface area contributed by atoms with Gasteiger partial charge in [-0.2, -0.15) is 0 Å². The molecule has 0 aliphatic rings. The summed E-state index contributed by atoms with van der Waals surface area (Å²) in [6.07, 6.45) is 0. The maximum atomic E-state index is 12.2. The van der Waals surface area contributed by atoms with Gasteiger partial charge in [0.25, 0.3) is 0 Å². The van der Waals surface area contributed by atoms with E-state index >= 15 is 0 Å². The van der Waals surface area contributed by atoms with E-state index in [4.69, 9.17) is 0 Å². The summed E-state index contributed by atoms with van der Waals surface area (Å²) >= 11 is 0. The van der Waals surface area contributed by atoms with Gasteiger partial charge in [-0.3, -0.25) is 4.79 Å². The van der Waals surface area contributed by atoms with Crippen LogP contribution in [0.4, 0.5) is 16.2 Å². The second kappa shape index (κ2) is 8.33. The predicted molar refractivity (Wildman–Crippen MR) is 102 cm³/mol. The van der Waals surface area contributed by atoms with Crippen molar-refractivity contribution >= 4 is 23.3 Å². The molecular formula is C20H25N3O2. The molecule has 1 unspecified atom stereocenters. The van der Waals surface area contributed by atoms with E-state index in [1.165, 1.54) is 5.56 Å². The maximum absolute atomic E-state index is 12.2. The topological polar surface area (TPSA) is 70.2 Å². The first-order valence-corrected chi connectivity index (χ1v) is 8.40.